The molecule has 1 unspecified atom stereocenters. The van der Waals surface area contributed by atoms with Gasteiger partial charge < -0.3 is 4.74 Å². The van der Waals surface area contributed by atoms with Gasteiger partial charge in [-0.15, -0.1) is 9.42 Å². The summed E-state index contributed by atoms with van der Waals surface area (Å²) in [4.78, 5) is 9.01. The maximum Gasteiger partial charge on any atom is 0.695 e. The molecule has 2 aromatic rings. The predicted octanol–water partition coefficient (Wildman–Crippen LogP) is 2.90. The van der Waals surface area contributed by atoms with Crippen LogP contribution >= 0.6 is 8.25 Å². The van der Waals surface area contributed by atoms with Crippen molar-refractivity contribution in [1.82, 2.24) is 9.78 Å². The van der Waals surface area contributed by atoms with Crippen molar-refractivity contribution in [1.29, 1.82) is 5.26 Å². The Kier molecular flexibility index (Phi) is 5.82. The molecule has 0 aliphatic heterocycles. The van der Waals surface area contributed by atoms with E-state index < -0.39 is 24.0 Å². The molecule has 0 spiro atoms. The normalized spacial score (nSPS) is 14.6. The first-order chi connectivity index (χ1) is 13.2. The number of aryl methyl sites for hydroxylation is 1. The summed E-state index contributed by atoms with van der Waals surface area (Å²) in [6.45, 7) is 1.45. The maximum absolute atomic E-state index is 11.8. The fourth-order valence-electron chi connectivity index (χ4n) is 2.76. The molecule has 1 aliphatic rings. The molecular formula is C17H19N3O6PS+. The number of sulfone groups is 1. The number of hydrogen-bond donors (Lipinski definition) is 1. The molecule has 1 aliphatic carbocycles. The zero-order valence-corrected chi connectivity index (χ0v) is 17.0. The van der Waals surface area contributed by atoms with Gasteiger partial charge in [-0.25, -0.2) is 13.1 Å². The molecule has 1 fully saturated rings. The number of nitrogens with zero attached hydrogens (tertiary/aromatic N) is 3. The molecular weight excluding hydrogens is 405 g/mol. The van der Waals surface area contributed by atoms with Gasteiger partial charge in [-0.3, -0.25) is 0 Å². The highest BCUT2D eigenvalue weighted by Gasteiger charge is 2.35. The number of aromatic nitrogens is 2. The van der Waals surface area contributed by atoms with Gasteiger partial charge in [0, 0.05) is 16.7 Å². The van der Waals surface area contributed by atoms with Crippen LogP contribution in [0, 0.1) is 18.3 Å². The Bertz CT molecular complexity index is 1070. The van der Waals surface area contributed by atoms with Gasteiger partial charge in [0.15, 0.2) is 22.2 Å². The standard InChI is InChI=1S/C17H18N3O6PS/c1-11-7-14(6-5-13(11)8-18)26-17-15(9-25-27(21)22)20(10-28(2,23)24)19-16(17)12-3-4-12/h5-7,12H,3-4,9-10H2,1-2H3/p+1. The molecule has 148 valence electrons. The Balaban J connectivity index is 2.04. The molecule has 1 atom stereocenters. The lowest BCUT2D eigenvalue weighted by Crippen LogP contribution is -2.13. The second-order valence-electron chi connectivity index (χ2n) is 6.69. The fourth-order valence-corrected chi connectivity index (χ4v) is 3.65. The number of rotatable bonds is 8. The lowest BCUT2D eigenvalue weighted by atomic mass is 10.1. The molecule has 28 heavy (non-hydrogen) atoms. The maximum atomic E-state index is 11.8. The molecule has 11 heteroatoms. The minimum atomic E-state index is -3.42. The molecule has 1 heterocycles. The molecule has 9 nitrogen and oxygen atoms in total. The van der Waals surface area contributed by atoms with Crippen molar-refractivity contribution >= 4 is 18.1 Å². The third-order valence-electron chi connectivity index (χ3n) is 4.21. The second kappa shape index (κ2) is 7.97. The van der Waals surface area contributed by atoms with Gasteiger partial charge in [0.25, 0.3) is 0 Å². The molecule has 1 saturated carbocycles. The van der Waals surface area contributed by atoms with Crippen molar-refractivity contribution < 1.29 is 27.1 Å². The lowest BCUT2D eigenvalue weighted by molar-refractivity contribution is 0.260. The Morgan fingerprint density at radius 2 is 2.14 bits per heavy atom. The Morgan fingerprint density at radius 1 is 1.43 bits per heavy atom. The van der Waals surface area contributed by atoms with E-state index >= 15 is 0 Å². The van der Waals surface area contributed by atoms with Gasteiger partial charge in [-0.1, -0.05) is 0 Å². The summed E-state index contributed by atoms with van der Waals surface area (Å²) < 4.78 is 46.7. The summed E-state index contributed by atoms with van der Waals surface area (Å²) in [5.74, 6) is 0.514. The van der Waals surface area contributed by atoms with E-state index in [1.807, 2.05) is 0 Å². The van der Waals surface area contributed by atoms with Crippen molar-refractivity contribution in [2.45, 2.75) is 38.2 Å². The fraction of sp³-hybridized carbons (Fsp3) is 0.412. The topological polar surface area (TPSA) is 132 Å². The average Bonchev–Trinajstić information content (AvgIpc) is 3.37. The first-order valence-electron chi connectivity index (χ1n) is 8.43. The Hall–Kier alpha value is -2.31. The zero-order valence-electron chi connectivity index (χ0n) is 15.3. The lowest BCUT2D eigenvalue weighted by Gasteiger charge is -2.10. The first kappa shape index (κ1) is 20.4. The zero-order chi connectivity index (χ0) is 20.5. The molecule has 0 saturated heterocycles. The van der Waals surface area contributed by atoms with E-state index in [1.165, 1.54) is 4.68 Å². The smallest absolute Gasteiger partial charge is 0.453 e. The molecule has 0 radical (unpaired) electrons. The first-order valence-corrected chi connectivity index (χ1v) is 11.6. The van der Waals surface area contributed by atoms with Gasteiger partial charge in [0.2, 0.25) is 0 Å². The van der Waals surface area contributed by atoms with Gasteiger partial charge in [0.05, 0.1) is 11.6 Å². The van der Waals surface area contributed by atoms with Gasteiger partial charge >= 0.3 is 8.25 Å². The third-order valence-corrected chi connectivity index (χ3v) is 5.27. The van der Waals surface area contributed by atoms with Crippen LogP contribution in [0.4, 0.5) is 0 Å². The predicted molar refractivity (Wildman–Crippen MR) is 99.6 cm³/mol. The largest absolute Gasteiger partial charge is 0.695 e. The van der Waals surface area contributed by atoms with Crippen molar-refractivity contribution in [3.63, 3.8) is 0 Å². The minimum Gasteiger partial charge on any atom is -0.453 e. The van der Waals surface area contributed by atoms with E-state index in [4.69, 9.17) is 19.4 Å². The van der Waals surface area contributed by atoms with Gasteiger partial charge in [-0.2, -0.15) is 10.4 Å². The third kappa shape index (κ3) is 4.94. The minimum absolute atomic E-state index is 0.136. The van der Waals surface area contributed by atoms with E-state index in [-0.39, 0.29) is 18.2 Å². The van der Waals surface area contributed by atoms with Crippen LogP contribution in [0.1, 0.15) is 41.3 Å². The molecule has 1 aromatic heterocycles. The van der Waals surface area contributed by atoms with Crippen molar-refractivity contribution in [3.8, 4) is 17.6 Å². The summed E-state index contributed by atoms with van der Waals surface area (Å²) in [6.07, 6.45) is 2.87. The highest BCUT2D eigenvalue weighted by atomic mass is 32.2. The molecule has 1 aromatic carbocycles. The van der Waals surface area contributed by atoms with Crippen molar-refractivity contribution in [2.24, 2.45) is 0 Å². The van der Waals surface area contributed by atoms with E-state index in [0.29, 0.717) is 22.8 Å². The summed E-state index contributed by atoms with van der Waals surface area (Å²) in [6, 6.07) is 7.04. The van der Waals surface area contributed by atoms with E-state index in [2.05, 4.69) is 11.2 Å². The SMILES string of the molecule is Cc1cc(Oc2c(C3CC3)nn(CS(C)(=O)=O)c2CO[P+](=O)O)ccc1C#N. The average molecular weight is 424 g/mol. The highest BCUT2D eigenvalue weighted by Crippen LogP contribution is 2.46. The summed E-state index contributed by atoms with van der Waals surface area (Å²) in [5, 5.41) is 13.5. The highest BCUT2D eigenvalue weighted by molar-refractivity contribution is 7.89. The number of benzene rings is 1. The number of hydrogen-bond acceptors (Lipinski definition) is 7. The quantitative estimate of drug-likeness (QED) is 0.640. The molecule has 3 rings (SSSR count). The van der Waals surface area contributed by atoms with Crippen LogP contribution < -0.4 is 4.74 Å². The number of nitriles is 1. The second-order valence-corrected chi connectivity index (χ2v) is 9.54. The van der Waals surface area contributed by atoms with E-state index in [9.17, 15) is 13.0 Å². The molecule has 0 bridgehead atoms. The Morgan fingerprint density at radius 3 is 2.68 bits per heavy atom. The van der Waals surface area contributed by atoms with Crippen LogP contribution in [0.15, 0.2) is 18.2 Å². The Labute approximate surface area is 163 Å². The monoisotopic (exact) mass is 424 g/mol. The van der Waals surface area contributed by atoms with Crippen molar-refractivity contribution in [3.05, 3.63) is 40.7 Å². The van der Waals surface area contributed by atoms with Gasteiger partial charge in [-0.05, 0) is 43.5 Å². The molecule has 0 amide bonds. The summed E-state index contributed by atoms with van der Waals surface area (Å²) >= 11 is 0. The van der Waals surface area contributed by atoms with Crippen LogP contribution in [0.3, 0.4) is 0 Å². The summed E-state index contributed by atoms with van der Waals surface area (Å²) in [7, 11) is -6.29. The van der Waals surface area contributed by atoms with E-state index in [1.54, 1.807) is 25.1 Å². The summed E-state index contributed by atoms with van der Waals surface area (Å²) in [5.41, 5.74) is 2.11. The number of ether oxygens (including phenoxy) is 1. The van der Waals surface area contributed by atoms with Crippen LogP contribution in [0.2, 0.25) is 0 Å². The van der Waals surface area contributed by atoms with Crippen LogP contribution in [-0.2, 0) is 31.4 Å². The van der Waals surface area contributed by atoms with E-state index in [0.717, 1.165) is 24.7 Å². The van der Waals surface area contributed by atoms with Crippen LogP contribution in [0.25, 0.3) is 0 Å². The van der Waals surface area contributed by atoms with Crippen LogP contribution in [0.5, 0.6) is 11.5 Å². The molecule has 1 N–H and O–H groups in total. The van der Waals surface area contributed by atoms with Gasteiger partial charge in [0.1, 0.15) is 23.0 Å². The van der Waals surface area contributed by atoms with Crippen LogP contribution in [-0.4, -0.2) is 29.3 Å². The van der Waals surface area contributed by atoms with Crippen molar-refractivity contribution in [2.75, 3.05) is 6.26 Å².